The summed E-state index contributed by atoms with van der Waals surface area (Å²) in [5.41, 5.74) is 4.95. The van der Waals surface area contributed by atoms with E-state index in [1.165, 1.54) is 0 Å². The first kappa shape index (κ1) is 20.0. The van der Waals surface area contributed by atoms with Gasteiger partial charge in [0.25, 0.3) is 0 Å². The van der Waals surface area contributed by atoms with Crippen molar-refractivity contribution in [3.63, 3.8) is 0 Å². The maximum absolute atomic E-state index is 9.73. The summed E-state index contributed by atoms with van der Waals surface area (Å²) < 4.78 is 5.99. The van der Waals surface area contributed by atoms with Gasteiger partial charge in [0.15, 0.2) is 0 Å². The van der Waals surface area contributed by atoms with Gasteiger partial charge in [-0.1, -0.05) is 53.5 Å². The van der Waals surface area contributed by atoms with Crippen molar-refractivity contribution in [2.75, 3.05) is 0 Å². The monoisotopic (exact) mass is 433 g/mol. The number of nitrogens with one attached hydrogen (secondary N) is 1. The van der Waals surface area contributed by atoms with Gasteiger partial charge < -0.3 is 9.72 Å². The summed E-state index contributed by atoms with van der Waals surface area (Å²) in [7, 11) is 0. The van der Waals surface area contributed by atoms with E-state index in [0.717, 1.165) is 27.7 Å². The van der Waals surface area contributed by atoms with E-state index in [-0.39, 0.29) is 0 Å². The zero-order valence-corrected chi connectivity index (χ0v) is 17.6. The molecule has 0 atom stereocenters. The first-order valence-electron chi connectivity index (χ1n) is 9.28. The predicted octanol–water partition coefficient (Wildman–Crippen LogP) is 6.82. The number of aryl methyl sites for hydroxylation is 1. The molecule has 0 amide bonds. The van der Waals surface area contributed by atoms with Crippen LogP contribution in [0.4, 0.5) is 0 Å². The van der Waals surface area contributed by atoms with E-state index >= 15 is 0 Å². The minimum absolute atomic E-state index is 0.327. The van der Waals surface area contributed by atoms with Crippen LogP contribution in [0, 0.1) is 18.3 Å². The van der Waals surface area contributed by atoms with E-state index in [2.05, 4.69) is 16.0 Å². The highest BCUT2D eigenvalue weighted by Crippen LogP contribution is 2.27. The maximum Gasteiger partial charge on any atom is 0.149 e. The van der Waals surface area contributed by atoms with Crippen LogP contribution in [-0.2, 0) is 6.61 Å². The van der Waals surface area contributed by atoms with Gasteiger partial charge in [-0.3, -0.25) is 0 Å². The number of rotatable bonds is 5. The van der Waals surface area contributed by atoms with Crippen LogP contribution in [0.5, 0.6) is 5.75 Å². The standard InChI is InChI=1S/C24H17Cl2N3O/c1-15-6-9-21-22(10-15)29-24(28-21)18(13-27)12-17-4-2-3-5-23(17)30-14-16-7-8-19(25)20(26)11-16/h2-12H,14H2,1H3,(H,28,29). The molecule has 1 N–H and O–H groups in total. The molecule has 0 saturated carbocycles. The highest BCUT2D eigenvalue weighted by Gasteiger charge is 2.10. The fourth-order valence-corrected chi connectivity index (χ4v) is 3.40. The van der Waals surface area contributed by atoms with Gasteiger partial charge in [-0.25, -0.2) is 4.98 Å². The Morgan fingerprint density at radius 1 is 1.10 bits per heavy atom. The van der Waals surface area contributed by atoms with Crippen LogP contribution in [-0.4, -0.2) is 9.97 Å². The molecule has 148 valence electrons. The number of nitriles is 1. The second-order valence-corrected chi connectivity index (χ2v) is 7.67. The molecule has 0 aliphatic rings. The van der Waals surface area contributed by atoms with Crippen LogP contribution < -0.4 is 4.74 Å². The molecule has 30 heavy (non-hydrogen) atoms. The molecule has 4 rings (SSSR count). The molecule has 0 saturated heterocycles. The van der Waals surface area contributed by atoms with E-state index in [9.17, 15) is 5.26 Å². The zero-order chi connectivity index (χ0) is 21.1. The van der Waals surface area contributed by atoms with Crippen molar-refractivity contribution in [3.8, 4) is 11.8 Å². The van der Waals surface area contributed by atoms with Crippen LogP contribution in [0.15, 0.2) is 60.7 Å². The molecular weight excluding hydrogens is 417 g/mol. The lowest BCUT2D eigenvalue weighted by Gasteiger charge is -2.10. The van der Waals surface area contributed by atoms with Gasteiger partial charge in [-0.2, -0.15) is 5.26 Å². The van der Waals surface area contributed by atoms with Gasteiger partial charge in [-0.15, -0.1) is 0 Å². The number of nitrogens with zero attached hydrogens (tertiary/aromatic N) is 2. The first-order valence-corrected chi connectivity index (χ1v) is 10.0. The van der Waals surface area contributed by atoms with E-state index in [4.69, 9.17) is 27.9 Å². The Morgan fingerprint density at radius 3 is 2.73 bits per heavy atom. The SMILES string of the molecule is Cc1ccc2nc(C(C#N)=Cc3ccccc3OCc3ccc(Cl)c(Cl)c3)[nH]c2c1. The number of ether oxygens (including phenoxy) is 1. The van der Waals surface area contributed by atoms with E-state index < -0.39 is 0 Å². The fourth-order valence-electron chi connectivity index (χ4n) is 3.08. The van der Waals surface area contributed by atoms with Gasteiger partial charge in [-0.05, 0) is 54.5 Å². The highest BCUT2D eigenvalue weighted by molar-refractivity contribution is 6.42. The van der Waals surface area contributed by atoms with Crippen LogP contribution in [0.3, 0.4) is 0 Å². The average Bonchev–Trinajstić information content (AvgIpc) is 3.16. The number of allylic oxidation sites excluding steroid dienone is 1. The number of hydrogen-bond donors (Lipinski definition) is 1. The molecule has 4 nitrogen and oxygen atoms in total. The van der Waals surface area contributed by atoms with Gasteiger partial charge in [0.2, 0.25) is 0 Å². The third-order valence-electron chi connectivity index (χ3n) is 4.61. The zero-order valence-electron chi connectivity index (χ0n) is 16.1. The minimum atomic E-state index is 0.327. The summed E-state index contributed by atoms with van der Waals surface area (Å²) in [5, 5.41) is 10.7. The Labute approximate surface area is 184 Å². The third kappa shape index (κ3) is 4.33. The van der Waals surface area contributed by atoms with E-state index in [1.807, 2.05) is 55.5 Å². The van der Waals surface area contributed by atoms with Crippen LogP contribution in [0.25, 0.3) is 22.7 Å². The molecule has 0 radical (unpaired) electrons. The molecule has 1 aromatic heterocycles. The smallest absolute Gasteiger partial charge is 0.149 e. The van der Waals surface area contributed by atoms with Crippen molar-refractivity contribution >= 4 is 45.9 Å². The number of H-pyrrole nitrogens is 1. The second-order valence-electron chi connectivity index (χ2n) is 6.85. The summed E-state index contributed by atoms with van der Waals surface area (Å²) in [6, 6.07) is 21.1. The summed E-state index contributed by atoms with van der Waals surface area (Å²) in [5.74, 6) is 1.18. The highest BCUT2D eigenvalue weighted by atomic mass is 35.5. The van der Waals surface area contributed by atoms with Gasteiger partial charge in [0, 0.05) is 5.56 Å². The first-order chi connectivity index (χ1) is 14.5. The van der Waals surface area contributed by atoms with Crippen molar-refractivity contribution in [1.29, 1.82) is 5.26 Å². The predicted molar refractivity (Wildman–Crippen MR) is 122 cm³/mol. The van der Waals surface area contributed by atoms with Crippen molar-refractivity contribution in [1.82, 2.24) is 9.97 Å². The Hall–Kier alpha value is -3.26. The Balaban J connectivity index is 1.63. The van der Waals surface area contributed by atoms with Gasteiger partial charge in [0.1, 0.15) is 24.3 Å². The maximum atomic E-state index is 9.73. The van der Waals surface area contributed by atoms with Crippen molar-refractivity contribution in [2.24, 2.45) is 0 Å². The molecule has 4 aromatic rings. The fraction of sp³-hybridized carbons (Fsp3) is 0.0833. The number of aromatic amines is 1. The van der Waals surface area contributed by atoms with Crippen LogP contribution in [0.1, 0.15) is 22.5 Å². The topological polar surface area (TPSA) is 61.7 Å². The summed E-state index contributed by atoms with van der Waals surface area (Å²) in [6.45, 7) is 2.34. The summed E-state index contributed by atoms with van der Waals surface area (Å²) in [6.07, 6.45) is 1.77. The van der Waals surface area contributed by atoms with Crippen molar-refractivity contribution in [3.05, 3.63) is 93.2 Å². The second kappa shape index (κ2) is 8.62. The third-order valence-corrected chi connectivity index (χ3v) is 5.35. The molecule has 0 fully saturated rings. The van der Waals surface area contributed by atoms with E-state index in [0.29, 0.717) is 33.8 Å². The number of imidazole rings is 1. The lowest BCUT2D eigenvalue weighted by molar-refractivity contribution is 0.305. The molecule has 0 spiro atoms. The number of hydrogen-bond acceptors (Lipinski definition) is 3. The lowest BCUT2D eigenvalue weighted by atomic mass is 10.1. The largest absolute Gasteiger partial charge is 0.488 e. The van der Waals surface area contributed by atoms with Crippen molar-refractivity contribution < 1.29 is 4.74 Å². The molecule has 0 bridgehead atoms. The van der Waals surface area contributed by atoms with Crippen molar-refractivity contribution in [2.45, 2.75) is 13.5 Å². The van der Waals surface area contributed by atoms with Crippen LogP contribution in [0.2, 0.25) is 10.0 Å². The summed E-state index contributed by atoms with van der Waals surface area (Å²) in [4.78, 5) is 7.77. The van der Waals surface area contributed by atoms with Crippen LogP contribution >= 0.6 is 23.2 Å². The van der Waals surface area contributed by atoms with Gasteiger partial charge in [0.05, 0.1) is 26.7 Å². The quantitative estimate of drug-likeness (QED) is 0.351. The number of aromatic nitrogens is 2. The summed E-state index contributed by atoms with van der Waals surface area (Å²) >= 11 is 12.1. The average molecular weight is 434 g/mol. The Kier molecular flexibility index (Phi) is 5.76. The molecule has 6 heteroatoms. The molecule has 3 aromatic carbocycles. The normalized spacial score (nSPS) is 11.5. The Morgan fingerprint density at radius 2 is 1.93 bits per heavy atom. The lowest BCUT2D eigenvalue weighted by Crippen LogP contribution is -1.97. The molecule has 1 heterocycles. The van der Waals surface area contributed by atoms with Gasteiger partial charge >= 0.3 is 0 Å². The molecular formula is C24H17Cl2N3O. The molecule has 0 aliphatic heterocycles. The number of halogens is 2. The number of para-hydroxylation sites is 1. The number of fused-ring (bicyclic) bond motifs is 1. The molecule has 0 unspecified atom stereocenters. The Bertz CT molecular complexity index is 1300. The number of benzene rings is 3. The molecule has 0 aliphatic carbocycles. The minimum Gasteiger partial charge on any atom is -0.488 e. The van der Waals surface area contributed by atoms with E-state index in [1.54, 1.807) is 18.2 Å².